The van der Waals surface area contributed by atoms with Gasteiger partial charge in [0.25, 0.3) is 0 Å². The Balaban J connectivity index is 2.92. The van der Waals surface area contributed by atoms with Crippen LogP contribution in [0.2, 0.25) is 0 Å². The number of carbonyl (C=O) groups is 2. The molecule has 5 nitrogen and oxygen atoms in total. The van der Waals surface area contributed by atoms with E-state index in [1.165, 1.54) is 26.2 Å². The molecule has 1 aromatic carbocycles. The molecule has 1 aromatic rings. The molecule has 114 valence electrons. The predicted molar refractivity (Wildman–Crippen MR) is 78.1 cm³/mol. The predicted octanol–water partition coefficient (Wildman–Crippen LogP) is 2.46. The number of methoxy groups -OCH3 is 2. The van der Waals surface area contributed by atoms with Crippen molar-refractivity contribution in [1.29, 1.82) is 0 Å². The molecule has 0 aromatic heterocycles. The van der Waals surface area contributed by atoms with E-state index in [-0.39, 0.29) is 5.92 Å². The molecular weight excluding hydrogens is 272 g/mol. The van der Waals surface area contributed by atoms with Crippen molar-refractivity contribution in [2.24, 2.45) is 0 Å². The fraction of sp³-hybridized carbons (Fsp3) is 0.375. The van der Waals surface area contributed by atoms with Crippen LogP contribution in [0, 0.1) is 0 Å². The van der Waals surface area contributed by atoms with Gasteiger partial charge in [-0.3, -0.25) is 4.79 Å². The molecule has 0 aliphatic rings. The molecule has 0 amide bonds. The Morgan fingerprint density at radius 2 is 1.76 bits per heavy atom. The number of benzene rings is 1. The van der Waals surface area contributed by atoms with Gasteiger partial charge in [-0.25, -0.2) is 4.79 Å². The average molecular weight is 292 g/mol. The van der Waals surface area contributed by atoms with Crippen molar-refractivity contribution in [3.63, 3.8) is 0 Å². The Morgan fingerprint density at radius 1 is 1.14 bits per heavy atom. The molecule has 0 bridgehead atoms. The van der Waals surface area contributed by atoms with Gasteiger partial charge in [-0.05, 0) is 23.8 Å². The van der Waals surface area contributed by atoms with Crippen LogP contribution in [0.25, 0.3) is 0 Å². The van der Waals surface area contributed by atoms with E-state index >= 15 is 0 Å². The van der Waals surface area contributed by atoms with Gasteiger partial charge in [-0.15, -0.1) is 0 Å². The summed E-state index contributed by atoms with van der Waals surface area (Å²) in [6.45, 7) is 3.25. The summed E-state index contributed by atoms with van der Waals surface area (Å²) in [7, 11) is 2.89. The molecule has 0 saturated heterocycles. The van der Waals surface area contributed by atoms with Crippen LogP contribution in [0.4, 0.5) is 0 Å². The molecule has 0 radical (unpaired) electrons. The first-order valence-electron chi connectivity index (χ1n) is 6.55. The van der Waals surface area contributed by atoms with Crippen molar-refractivity contribution < 1.29 is 23.8 Å². The topological polar surface area (TPSA) is 61.8 Å². The molecule has 0 spiro atoms. The zero-order valence-electron chi connectivity index (χ0n) is 12.7. The highest BCUT2D eigenvalue weighted by molar-refractivity contribution is 5.82. The molecule has 0 unspecified atom stereocenters. The lowest BCUT2D eigenvalue weighted by molar-refractivity contribution is -0.145. The van der Waals surface area contributed by atoms with Crippen LogP contribution in [-0.2, 0) is 19.1 Å². The Hall–Kier alpha value is -2.30. The summed E-state index contributed by atoms with van der Waals surface area (Å²) < 4.78 is 14.9. The van der Waals surface area contributed by atoms with Crippen LogP contribution < -0.4 is 4.74 Å². The summed E-state index contributed by atoms with van der Waals surface area (Å²) in [5.74, 6) is -0.259. The van der Waals surface area contributed by atoms with Gasteiger partial charge in [0, 0.05) is 18.9 Å². The van der Waals surface area contributed by atoms with Crippen LogP contribution >= 0.6 is 0 Å². The third-order valence-corrected chi connectivity index (χ3v) is 3.06. The van der Waals surface area contributed by atoms with Crippen molar-refractivity contribution in [2.45, 2.75) is 25.9 Å². The first kappa shape index (κ1) is 16.8. The van der Waals surface area contributed by atoms with Gasteiger partial charge in [-0.2, -0.15) is 0 Å². The molecule has 5 heteroatoms. The lowest BCUT2D eigenvalue weighted by atomic mass is 9.94. The summed E-state index contributed by atoms with van der Waals surface area (Å²) in [6, 6.07) is 7.46. The fourth-order valence-electron chi connectivity index (χ4n) is 1.84. The van der Waals surface area contributed by atoms with Crippen molar-refractivity contribution >= 4 is 11.9 Å². The van der Waals surface area contributed by atoms with E-state index in [1.54, 1.807) is 7.11 Å². The van der Waals surface area contributed by atoms with Crippen molar-refractivity contribution in [3.8, 4) is 5.75 Å². The third kappa shape index (κ3) is 5.30. The standard InChI is InChI=1S/C16H20O5/c1-11(13-5-7-14(19-3)8-6-13)15(21-12(2)17)9-10-16(18)20-4/h5-11,15H,1-4H3/b10-9+/t11-,15-/m0/s1. The second-order valence-electron chi connectivity index (χ2n) is 4.52. The van der Waals surface area contributed by atoms with Crippen molar-refractivity contribution in [3.05, 3.63) is 42.0 Å². The highest BCUT2D eigenvalue weighted by Crippen LogP contribution is 2.24. The maximum absolute atomic E-state index is 11.2. The van der Waals surface area contributed by atoms with Crippen LogP contribution in [0.15, 0.2) is 36.4 Å². The number of rotatable bonds is 6. The van der Waals surface area contributed by atoms with Crippen molar-refractivity contribution in [2.75, 3.05) is 14.2 Å². The zero-order chi connectivity index (χ0) is 15.8. The minimum atomic E-state index is -0.546. The number of carbonyl (C=O) groups excluding carboxylic acids is 2. The maximum Gasteiger partial charge on any atom is 0.330 e. The summed E-state index contributed by atoms with van der Waals surface area (Å²) in [5.41, 5.74) is 0.969. The van der Waals surface area contributed by atoms with Gasteiger partial charge in [0.05, 0.1) is 14.2 Å². The van der Waals surface area contributed by atoms with Gasteiger partial charge >= 0.3 is 11.9 Å². The highest BCUT2D eigenvalue weighted by Gasteiger charge is 2.19. The van der Waals surface area contributed by atoms with Crippen molar-refractivity contribution in [1.82, 2.24) is 0 Å². The normalized spacial score (nSPS) is 13.5. The minimum absolute atomic E-state index is 0.110. The lowest BCUT2D eigenvalue weighted by Gasteiger charge is -2.21. The van der Waals surface area contributed by atoms with Crippen LogP contribution in [0.3, 0.4) is 0 Å². The minimum Gasteiger partial charge on any atom is -0.497 e. The summed E-state index contributed by atoms with van der Waals surface area (Å²) in [5, 5.41) is 0. The maximum atomic E-state index is 11.2. The largest absolute Gasteiger partial charge is 0.497 e. The molecule has 0 fully saturated rings. The Morgan fingerprint density at radius 3 is 2.24 bits per heavy atom. The smallest absolute Gasteiger partial charge is 0.330 e. The monoisotopic (exact) mass is 292 g/mol. The Bertz CT molecular complexity index is 504. The lowest BCUT2D eigenvalue weighted by Crippen LogP contribution is -2.21. The first-order chi connectivity index (χ1) is 9.97. The van der Waals surface area contributed by atoms with E-state index in [0.717, 1.165) is 11.3 Å². The number of ether oxygens (including phenoxy) is 3. The van der Waals surface area contributed by atoms with Crippen LogP contribution in [0.5, 0.6) is 5.75 Å². The molecule has 2 atom stereocenters. The molecule has 0 N–H and O–H groups in total. The highest BCUT2D eigenvalue weighted by atomic mass is 16.5. The molecule has 0 aliphatic heterocycles. The van der Waals surface area contributed by atoms with Crippen LogP contribution in [0.1, 0.15) is 25.3 Å². The molecule has 21 heavy (non-hydrogen) atoms. The summed E-state index contributed by atoms with van der Waals surface area (Å²) in [4.78, 5) is 22.4. The Kier molecular flexibility index (Phi) is 6.46. The van der Waals surface area contributed by atoms with Gasteiger partial charge in [0.15, 0.2) is 0 Å². The van der Waals surface area contributed by atoms with E-state index in [2.05, 4.69) is 4.74 Å². The van der Waals surface area contributed by atoms with Gasteiger partial charge in [-0.1, -0.05) is 19.1 Å². The number of hydrogen-bond donors (Lipinski definition) is 0. The molecule has 0 saturated carbocycles. The molecule has 0 aliphatic carbocycles. The third-order valence-electron chi connectivity index (χ3n) is 3.06. The summed E-state index contributed by atoms with van der Waals surface area (Å²) >= 11 is 0. The van der Waals surface area contributed by atoms with Gasteiger partial charge in [0.1, 0.15) is 11.9 Å². The SMILES string of the molecule is COC(=O)/C=C/[C@H](OC(C)=O)[C@@H](C)c1ccc(OC)cc1. The molecular formula is C16H20O5. The molecule has 1 rings (SSSR count). The summed E-state index contributed by atoms with van der Waals surface area (Å²) in [6.07, 6.45) is 2.24. The van der Waals surface area contributed by atoms with E-state index in [4.69, 9.17) is 9.47 Å². The van der Waals surface area contributed by atoms with Gasteiger partial charge < -0.3 is 14.2 Å². The van der Waals surface area contributed by atoms with Gasteiger partial charge in [0.2, 0.25) is 0 Å². The number of esters is 2. The average Bonchev–Trinajstić information content (AvgIpc) is 2.50. The van der Waals surface area contributed by atoms with E-state index in [9.17, 15) is 9.59 Å². The van der Waals surface area contributed by atoms with Crippen LogP contribution in [-0.4, -0.2) is 32.3 Å². The second kappa shape index (κ2) is 8.09. The van der Waals surface area contributed by atoms with E-state index in [0.29, 0.717) is 0 Å². The second-order valence-corrected chi connectivity index (χ2v) is 4.52. The quantitative estimate of drug-likeness (QED) is 0.595. The zero-order valence-corrected chi connectivity index (χ0v) is 12.7. The Labute approximate surface area is 124 Å². The van der Waals surface area contributed by atoms with E-state index in [1.807, 2.05) is 31.2 Å². The fourth-order valence-corrected chi connectivity index (χ4v) is 1.84. The molecule has 0 heterocycles. The number of hydrogen-bond acceptors (Lipinski definition) is 5. The van der Waals surface area contributed by atoms with E-state index < -0.39 is 18.0 Å². The first-order valence-corrected chi connectivity index (χ1v) is 6.55.